The largest absolute Gasteiger partial charge is 0.508 e. The number of aromatic hydroxyl groups is 1. The van der Waals surface area contributed by atoms with Crippen LogP contribution in [0.5, 0.6) is 5.75 Å². The molecule has 3 amide bonds. The molecular weight excluding hydrogens is 646 g/mol. The molecule has 10 heteroatoms. The van der Waals surface area contributed by atoms with Crippen LogP contribution in [0, 0.1) is 13.8 Å². The number of aryl methyl sites for hydroxylation is 2. The molecule has 3 aromatic rings. The van der Waals surface area contributed by atoms with E-state index in [9.17, 15) is 19.5 Å². The van der Waals surface area contributed by atoms with E-state index in [1.165, 1.54) is 12.1 Å². The highest BCUT2D eigenvalue weighted by Crippen LogP contribution is 2.36. The third kappa shape index (κ3) is 11.1. The second-order valence-corrected chi connectivity index (χ2v) is 15.4. The number of amides is 3. The number of hydrogen-bond acceptors (Lipinski definition) is 7. The summed E-state index contributed by atoms with van der Waals surface area (Å²) in [6.45, 7) is 14.3. The first-order valence-electron chi connectivity index (χ1n) is 17.6. The third-order valence-electron chi connectivity index (χ3n) is 8.72. The van der Waals surface area contributed by atoms with E-state index < -0.39 is 53.2 Å². The Labute approximate surface area is 301 Å². The Balaban J connectivity index is 1.81. The van der Waals surface area contributed by atoms with E-state index in [1.807, 2.05) is 62.4 Å². The van der Waals surface area contributed by atoms with Crippen molar-refractivity contribution in [3.8, 4) is 5.75 Å². The first-order chi connectivity index (χ1) is 23.9. The van der Waals surface area contributed by atoms with Crippen LogP contribution in [0.1, 0.15) is 94.7 Å². The van der Waals surface area contributed by atoms with Crippen LogP contribution < -0.4 is 10.6 Å². The SMILES string of the molecule is Cc1cccc(C)c1C(C(=O)NC(Cc1ccccc1)C(=O)OC(C)(C)C)N(C(=O)C(Cc1ccc(O)cc1)NC(=O)OC(C)(C)C)C1CCC1. The Morgan fingerprint density at radius 2 is 1.29 bits per heavy atom. The molecular formula is C41H53N3O7. The van der Waals surface area contributed by atoms with Crippen LogP contribution in [0.2, 0.25) is 0 Å². The molecule has 10 nitrogen and oxygen atoms in total. The minimum atomic E-state index is -1.13. The molecule has 3 atom stereocenters. The molecule has 3 aromatic carbocycles. The fourth-order valence-electron chi connectivity index (χ4n) is 6.20. The maximum atomic E-state index is 15.0. The maximum absolute atomic E-state index is 15.0. The number of hydrogen-bond donors (Lipinski definition) is 3. The predicted molar refractivity (Wildman–Crippen MR) is 196 cm³/mol. The number of esters is 1. The predicted octanol–water partition coefficient (Wildman–Crippen LogP) is 6.64. The second kappa shape index (κ2) is 16.4. The molecule has 4 rings (SSSR count). The number of nitrogens with zero attached hydrogens (tertiary/aromatic N) is 1. The van der Waals surface area contributed by atoms with Gasteiger partial charge in [-0.15, -0.1) is 0 Å². The summed E-state index contributed by atoms with van der Waals surface area (Å²) < 4.78 is 11.3. The quantitative estimate of drug-likeness (QED) is 0.181. The highest BCUT2D eigenvalue weighted by Gasteiger charge is 2.44. The Bertz CT molecular complexity index is 1650. The molecule has 0 radical (unpaired) electrons. The molecule has 0 heterocycles. The minimum absolute atomic E-state index is 0.0691. The van der Waals surface area contributed by atoms with Crippen LogP contribution in [-0.4, -0.2) is 63.2 Å². The molecule has 1 aliphatic carbocycles. The monoisotopic (exact) mass is 699 g/mol. The van der Waals surface area contributed by atoms with Gasteiger partial charge in [0.25, 0.3) is 0 Å². The third-order valence-corrected chi connectivity index (χ3v) is 8.72. The van der Waals surface area contributed by atoms with Crippen molar-refractivity contribution in [2.75, 3.05) is 0 Å². The van der Waals surface area contributed by atoms with Gasteiger partial charge in [-0.3, -0.25) is 9.59 Å². The second-order valence-electron chi connectivity index (χ2n) is 15.4. The van der Waals surface area contributed by atoms with Gasteiger partial charge < -0.3 is 30.1 Å². The first-order valence-corrected chi connectivity index (χ1v) is 17.6. The van der Waals surface area contributed by atoms with Gasteiger partial charge in [-0.25, -0.2) is 9.59 Å². The van der Waals surface area contributed by atoms with E-state index in [0.717, 1.165) is 23.1 Å². The fraction of sp³-hybridized carbons (Fsp3) is 0.463. The van der Waals surface area contributed by atoms with E-state index in [0.29, 0.717) is 24.0 Å². The summed E-state index contributed by atoms with van der Waals surface area (Å²) >= 11 is 0. The molecule has 3 unspecified atom stereocenters. The van der Waals surface area contributed by atoms with Gasteiger partial charge in [0, 0.05) is 18.9 Å². The Kier molecular flexibility index (Phi) is 12.6. The smallest absolute Gasteiger partial charge is 0.408 e. The number of carbonyl (C=O) groups excluding carboxylic acids is 4. The van der Waals surface area contributed by atoms with Crippen molar-refractivity contribution in [1.29, 1.82) is 0 Å². The molecule has 1 fully saturated rings. The lowest BCUT2D eigenvalue weighted by molar-refractivity contribution is -0.159. The van der Waals surface area contributed by atoms with Crippen molar-refractivity contribution < 1.29 is 33.8 Å². The van der Waals surface area contributed by atoms with Gasteiger partial charge in [-0.05, 0) is 115 Å². The molecule has 0 spiro atoms. The molecule has 274 valence electrons. The lowest BCUT2D eigenvalue weighted by Crippen LogP contribution is -2.59. The number of phenolic OH excluding ortho intramolecular Hbond substituents is 1. The zero-order chi connectivity index (χ0) is 37.5. The van der Waals surface area contributed by atoms with Crippen LogP contribution in [0.15, 0.2) is 72.8 Å². The Morgan fingerprint density at radius 1 is 0.745 bits per heavy atom. The number of nitrogens with one attached hydrogen (secondary N) is 2. The lowest BCUT2D eigenvalue weighted by atomic mass is 9.85. The van der Waals surface area contributed by atoms with E-state index in [4.69, 9.17) is 9.47 Å². The van der Waals surface area contributed by atoms with Crippen LogP contribution in [0.3, 0.4) is 0 Å². The van der Waals surface area contributed by atoms with E-state index >= 15 is 4.79 Å². The lowest BCUT2D eigenvalue weighted by Gasteiger charge is -2.44. The van der Waals surface area contributed by atoms with Crippen LogP contribution >= 0.6 is 0 Å². The van der Waals surface area contributed by atoms with Gasteiger partial charge in [0.15, 0.2) is 0 Å². The standard InChI is InChI=1S/C41H53N3O7/c1-26-14-12-15-27(2)34(26)35(36(46)42-33(38(48)50-40(3,4)5)25-28-16-10-9-11-17-28)44(30-18-13-19-30)37(47)32(43-39(49)51-41(6,7)8)24-29-20-22-31(45)23-21-29/h9-12,14-17,20-23,30,32-33,35,45H,13,18-19,24-25H2,1-8H3,(H,42,46)(H,43,49). The summed E-state index contributed by atoms with van der Waals surface area (Å²) in [6.07, 6.45) is 1.69. The average Bonchev–Trinajstić information content (AvgIpc) is 3.00. The zero-order valence-electron chi connectivity index (χ0n) is 31.1. The van der Waals surface area contributed by atoms with Crippen molar-refractivity contribution in [1.82, 2.24) is 15.5 Å². The van der Waals surface area contributed by atoms with Gasteiger partial charge in [-0.1, -0.05) is 60.7 Å². The fourth-order valence-corrected chi connectivity index (χ4v) is 6.20. The Morgan fingerprint density at radius 3 is 1.82 bits per heavy atom. The Hall–Kier alpha value is -4.86. The maximum Gasteiger partial charge on any atom is 0.408 e. The van der Waals surface area contributed by atoms with E-state index in [1.54, 1.807) is 58.6 Å². The van der Waals surface area contributed by atoms with Gasteiger partial charge >= 0.3 is 12.1 Å². The average molecular weight is 700 g/mol. The molecule has 1 aliphatic rings. The highest BCUT2D eigenvalue weighted by atomic mass is 16.6. The van der Waals surface area contributed by atoms with Crippen LogP contribution in [0.25, 0.3) is 0 Å². The van der Waals surface area contributed by atoms with Crippen molar-refractivity contribution in [3.05, 3.63) is 101 Å². The van der Waals surface area contributed by atoms with Crippen molar-refractivity contribution in [2.45, 2.75) is 123 Å². The molecule has 0 aromatic heterocycles. The molecule has 0 saturated heterocycles. The number of phenols is 1. The number of carbonyl (C=O) groups is 4. The summed E-state index contributed by atoms with van der Waals surface area (Å²) in [6, 6.07) is 17.9. The summed E-state index contributed by atoms with van der Waals surface area (Å²) in [4.78, 5) is 58.4. The van der Waals surface area contributed by atoms with E-state index in [-0.39, 0.29) is 24.6 Å². The van der Waals surface area contributed by atoms with Crippen LogP contribution in [-0.2, 0) is 36.7 Å². The number of ether oxygens (including phenoxy) is 2. The molecule has 3 N–H and O–H groups in total. The summed E-state index contributed by atoms with van der Waals surface area (Å²) in [5, 5.41) is 15.7. The van der Waals surface area contributed by atoms with Gasteiger partial charge in [0.05, 0.1) is 0 Å². The highest BCUT2D eigenvalue weighted by molar-refractivity contribution is 5.94. The molecule has 0 aliphatic heterocycles. The first kappa shape index (κ1) is 38.9. The number of alkyl carbamates (subject to hydrolysis) is 1. The number of rotatable bonds is 12. The summed E-state index contributed by atoms with van der Waals surface area (Å²) in [5.41, 5.74) is 2.17. The van der Waals surface area contributed by atoms with Gasteiger partial charge in [0.2, 0.25) is 11.8 Å². The van der Waals surface area contributed by atoms with Gasteiger partial charge in [0.1, 0.15) is 35.1 Å². The van der Waals surface area contributed by atoms with Crippen LogP contribution in [0.4, 0.5) is 4.79 Å². The molecule has 0 bridgehead atoms. The number of benzene rings is 3. The summed E-state index contributed by atoms with van der Waals surface area (Å²) in [7, 11) is 0. The molecule has 1 saturated carbocycles. The zero-order valence-corrected chi connectivity index (χ0v) is 31.1. The summed E-state index contributed by atoms with van der Waals surface area (Å²) in [5.74, 6) is -1.50. The minimum Gasteiger partial charge on any atom is -0.508 e. The molecule has 51 heavy (non-hydrogen) atoms. The van der Waals surface area contributed by atoms with Crippen molar-refractivity contribution in [2.24, 2.45) is 0 Å². The van der Waals surface area contributed by atoms with Crippen molar-refractivity contribution >= 4 is 23.9 Å². The van der Waals surface area contributed by atoms with Crippen molar-refractivity contribution in [3.63, 3.8) is 0 Å². The van der Waals surface area contributed by atoms with Gasteiger partial charge in [-0.2, -0.15) is 0 Å². The topological polar surface area (TPSA) is 134 Å². The normalized spacial score (nSPS) is 15.1. The van der Waals surface area contributed by atoms with E-state index in [2.05, 4.69) is 10.6 Å².